The van der Waals surface area contributed by atoms with Crippen molar-refractivity contribution in [2.24, 2.45) is 0 Å². The van der Waals surface area contributed by atoms with Gasteiger partial charge in [-0.2, -0.15) is 0 Å². The van der Waals surface area contributed by atoms with Crippen molar-refractivity contribution in [2.45, 2.75) is 51.4 Å². The normalized spacial score (nSPS) is 21.8. The third-order valence-electron chi connectivity index (χ3n) is 5.50. The van der Waals surface area contributed by atoms with Crippen molar-refractivity contribution in [1.29, 1.82) is 0 Å². The van der Waals surface area contributed by atoms with Gasteiger partial charge in [-0.05, 0) is 37.0 Å². The van der Waals surface area contributed by atoms with Crippen LogP contribution in [-0.4, -0.2) is 44.8 Å². The smallest absolute Gasteiger partial charge is 0.245 e. The van der Waals surface area contributed by atoms with E-state index >= 15 is 0 Å². The Labute approximate surface area is 152 Å². The van der Waals surface area contributed by atoms with Crippen LogP contribution in [0.5, 0.6) is 5.75 Å². The average Bonchev–Trinajstić information content (AvgIpc) is 3.19. The minimum atomic E-state index is -0.380. The lowest BCUT2D eigenvalue weighted by Gasteiger charge is -2.34. The van der Waals surface area contributed by atoms with Gasteiger partial charge in [0.05, 0.1) is 6.61 Å². The van der Waals surface area contributed by atoms with Crippen LogP contribution in [0.15, 0.2) is 18.2 Å². The van der Waals surface area contributed by atoms with Gasteiger partial charge in [-0.25, -0.2) is 0 Å². The zero-order valence-corrected chi connectivity index (χ0v) is 14.9. The first-order chi connectivity index (χ1) is 12.7. The molecule has 3 aliphatic rings. The molecule has 1 aliphatic carbocycles. The van der Waals surface area contributed by atoms with E-state index < -0.39 is 0 Å². The van der Waals surface area contributed by atoms with Crippen LogP contribution in [0.1, 0.15) is 41.7 Å². The number of rotatable bonds is 4. The van der Waals surface area contributed by atoms with Gasteiger partial charge in [0.1, 0.15) is 11.6 Å². The molecule has 1 N–H and O–H groups in total. The number of nitrogens with zero attached hydrogens (tertiary/aromatic N) is 4. The molecule has 1 fully saturated rings. The molecule has 1 aromatic heterocycles. The fraction of sp³-hybridized carbons (Fsp3) is 0.526. The maximum Gasteiger partial charge on any atom is 0.245 e. The molecule has 7 heteroatoms. The number of ether oxygens (including phenoxy) is 1. The molecule has 5 rings (SSSR count). The first-order valence-corrected chi connectivity index (χ1v) is 9.38. The Bertz CT molecular complexity index is 858. The van der Waals surface area contributed by atoms with E-state index in [-0.39, 0.29) is 11.9 Å². The highest BCUT2D eigenvalue weighted by atomic mass is 16.5. The van der Waals surface area contributed by atoms with Crippen molar-refractivity contribution >= 4 is 5.91 Å². The highest BCUT2D eigenvalue weighted by Crippen LogP contribution is 2.31. The van der Waals surface area contributed by atoms with Crippen molar-refractivity contribution in [2.75, 3.05) is 13.2 Å². The Morgan fingerprint density at radius 2 is 2.19 bits per heavy atom. The van der Waals surface area contributed by atoms with E-state index in [4.69, 9.17) is 4.74 Å². The van der Waals surface area contributed by atoms with Gasteiger partial charge in [0, 0.05) is 32.1 Å². The van der Waals surface area contributed by atoms with Gasteiger partial charge >= 0.3 is 0 Å². The van der Waals surface area contributed by atoms with Crippen molar-refractivity contribution in [3.8, 4) is 5.75 Å². The molecule has 1 amide bonds. The first-order valence-electron chi connectivity index (χ1n) is 9.38. The summed E-state index contributed by atoms with van der Waals surface area (Å²) < 4.78 is 7.68. The summed E-state index contributed by atoms with van der Waals surface area (Å²) in [5.74, 6) is 2.67. The molecule has 1 unspecified atom stereocenters. The Balaban J connectivity index is 1.43. The molecule has 3 heterocycles. The van der Waals surface area contributed by atoms with Gasteiger partial charge in [-0.1, -0.05) is 12.1 Å². The largest absolute Gasteiger partial charge is 0.493 e. The summed E-state index contributed by atoms with van der Waals surface area (Å²) in [6, 6.07) is 6.32. The van der Waals surface area contributed by atoms with Crippen LogP contribution in [0.4, 0.5) is 0 Å². The van der Waals surface area contributed by atoms with Crippen LogP contribution < -0.4 is 10.1 Å². The minimum absolute atomic E-state index is 0.0466. The Kier molecular flexibility index (Phi) is 3.70. The SMILES string of the molecule is Cc1nnc2n1CCN(Cc1ccc3c(c1)CCO3)C2C(=O)NC1CC1. The van der Waals surface area contributed by atoms with Crippen LogP contribution in [0.3, 0.4) is 0 Å². The molecular formula is C19H23N5O2. The number of hydrogen-bond acceptors (Lipinski definition) is 5. The highest BCUT2D eigenvalue weighted by Gasteiger charge is 2.38. The topological polar surface area (TPSA) is 72.3 Å². The summed E-state index contributed by atoms with van der Waals surface area (Å²) in [6.07, 6.45) is 3.12. The number of amides is 1. The molecule has 0 spiro atoms. The average molecular weight is 353 g/mol. The van der Waals surface area contributed by atoms with Crippen LogP contribution in [0.2, 0.25) is 0 Å². The Hall–Kier alpha value is -2.41. The van der Waals surface area contributed by atoms with Gasteiger partial charge in [0.15, 0.2) is 11.9 Å². The van der Waals surface area contributed by atoms with Gasteiger partial charge < -0.3 is 14.6 Å². The summed E-state index contributed by atoms with van der Waals surface area (Å²) in [7, 11) is 0. The fourth-order valence-corrected chi connectivity index (χ4v) is 3.93. The van der Waals surface area contributed by atoms with E-state index in [0.717, 1.165) is 62.9 Å². The lowest BCUT2D eigenvalue weighted by molar-refractivity contribution is -0.128. The van der Waals surface area contributed by atoms with Gasteiger partial charge in [0.2, 0.25) is 5.91 Å². The van der Waals surface area contributed by atoms with Crippen LogP contribution in [0, 0.1) is 6.92 Å². The Morgan fingerprint density at radius 1 is 1.31 bits per heavy atom. The molecule has 26 heavy (non-hydrogen) atoms. The number of benzene rings is 1. The number of hydrogen-bond donors (Lipinski definition) is 1. The van der Waals surface area contributed by atoms with Crippen molar-refractivity contribution in [3.63, 3.8) is 0 Å². The quantitative estimate of drug-likeness (QED) is 0.898. The number of nitrogens with one attached hydrogen (secondary N) is 1. The highest BCUT2D eigenvalue weighted by molar-refractivity contribution is 5.83. The van der Waals surface area contributed by atoms with Gasteiger partial charge in [-0.3, -0.25) is 9.69 Å². The summed E-state index contributed by atoms with van der Waals surface area (Å²) in [5, 5.41) is 11.7. The van der Waals surface area contributed by atoms with Gasteiger partial charge in [-0.15, -0.1) is 10.2 Å². The fourth-order valence-electron chi connectivity index (χ4n) is 3.93. The van der Waals surface area contributed by atoms with E-state index in [1.54, 1.807) is 0 Å². The lowest BCUT2D eigenvalue weighted by Crippen LogP contribution is -2.46. The summed E-state index contributed by atoms with van der Waals surface area (Å²) in [4.78, 5) is 15.2. The molecular weight excluding hydrogens is 330 g/mol. The predicted octanol–water partition coefficient (Wildman–Crippen LogP) is 1.36. The molecule has 1 atom stereocenters. The molecule has 136 valence electrons. The zero-order chi connectivity index (χ0) is 17.7. The van der Waals surface area contributed by atoms with E-state index in [1.807, 2.05) is 13.0 Å². The van der Waals surface area contributed by atoms with Crippen molar-refractivity contribution < 1.29 is 9.53 Å². The number of aryl methyl sites for hydroxylation is 1. The summed E-state index contributed by atoms with van der Waals surface area (Å²) >= 11 is 0. The third kappa shape index (κ3) is 2.76. The zero-order valence-electron chi connectivity index (χ0n) is 14.9. The molecule has 0 radical (unpaired) electrons. The molecule has 0 bridgehead atoms. The second-order valence-electron chi connectivity index (χ2n) is 7.45. The summed E-state index contributed by atoms with van der Waals surface area (Å²) in [6.45, 7) is 5.05. The second-order valence-corrected chi connectivity index (χ2v) is 7.45. The lowest BCUT2D eigenvalue weighted by atomic mass is 10.1. The monoisotopic (exact) mass is 353 g/mol. The minimum Gasteiger partial charge on any atom is -0.493 e. The molecule has 1 saturated carbocycles. The maximum atomic E-state index is 13.0. The number of carbonyl (C=O) groups is 1. The molecule has 2 aromatic rings. The molecule has 0 saturated heterocycles. The third-order valence-corrected chi connectivity index (χ3v) is 5.50. The number of carbonyl (C=O) groups excluding carboxylic acids is 1. The van der Waals surface area contributed by atoms with Crippen molar-refractivity contribution in [1.82, 2.24) is 25.0 Å². The standard InChI is InChI=1S/C19H23N5O2/c1-12-21-22-18-17(19(25)20-15-3-4-15)23(7-8-24(12)18)11-13-2-5-16-14(10-13)6-9-26-16/h2,5,10,15,17H,3-4,6-9,11H2,1H3,(H,20,25). The number of aromatic nitrogens is 3. The number of fused-ring (bicyclic) bond motifs is 2. The molecule has 7 nitrogen and oxygen atoms in total. The predicted molar refractivity (Wildman–Crippen MR) is 94.7 cm³/mol. The Morgan fingerprint density at radius 3 is 3.04 bits per heavy atom. The molecule has 1 aromatic carbocycles. The van der Waals surface area contributed by atoms with Crippen LogP contribution >= 0.6 is 0 Å². The molecule has 2 aliphatic heterocycles. The van der Waals surface area contributed by atoms with Crippen molar-refractivity contribution in [3.05, 3.63) is 41.0 Å². The van der Waals surface area contributed by atoms with Crippen LogP contribution in [0.25, 0.3) is 0 Å². The van der Waals surface area contributed by atoms with E-state index in [1.165, 1.54) is 11.1 Å². The maximum absolute atomic E-state index is 13.0. The van der Waals surface area contributed by atoms with E-state index in [9.17, 15) is 4.79 Å². The van der Waals surface area contributed by atoms with Gasteiger partial charge in [0.25, 0.3) is 0 Å². The van der Waals surface area contributed by atoms with E-state index in [0.29, 0.717) is 6.04 Å². The van der Waals surface area contributed by atoms with Crippen LogP contribution in [-0.2, 0) is 24.3 Å². The summed E-state index contributed by atoms with van der Waals surface area (Å²) in [5.41, 5.74) is 2.47. The van der Waals surface area contributed by atoms with E-state index in [2.05, 4.69) is 37.1 Å². The first kappa shape index (κ1) is 15.8. The second kappa shape index (κ2) is 6.09.